The van der Waals surface area contributed by atoms with Crippen molar-refractivity contribution in [3.05, 3.63) is 17.4 Å². The van der Waals surface area contributed by atoms with Crippen LogP contribution in [0.2, 0.25) is 5.15 Å². The van der Waals surface area contributed by atoms with E-state index in [4.69, 9.17) is 11.6 Å². The molecule has 0 atom stereocenters. The van der Waals surface area contributed by atoms with E-state index < -0.39 is 0 Å². The highest BCUT2D eigenvalue weighted by Gasteiger charge is 1.95. The van der Waals surface area contributed by atoms with Gasteiger partial charge in [-0.25, -0.2) is 0 Å². The first-order valence-electron chi connectivity index (χ1n) is 4.05. The lowest BCUT2D eigenvalue weighted by atomic mass is 10.4. The SMILES string of the molecule is CN(C)CCNc1cnnc(Cl)c1. The van der Waals surface area contributed by atoms with Crippen molar-refractivity contribution in [3.8, 4) is 0 Å². The predicted molar refractivity (Wildman–Crippen MR) is 54.1 cm³/mol. The van der Waals surface area contributed by atoms with Gasteiger partial charge in [0, 0.05) is 19.2 Å². The molecule has 1 aromatic rings. The molecule has 1 aromatic heterocycles. The fourth-order valence-corrected chi connectivity index (χ4v) is 1.02. The maximum atomic E-state index is 5.66. The second kappa shape index (κ2) is 4.99. The molecule has 0 saturated carbocycles. The molecule has 0 bridgehead atoms. The lowest BCUT2D eigenvalue weighted by Gasteiger charge is -2.10. The van der Waals surface area contributed by atoms with Gasteiger partial charge in [-0.05, 0) is 14.1 Å². The van der Waals surface area contributed by atoms with Gasteiger partial charge in [0.2, 0.25) is 0 Å². The quantitative estimate of drug-likeness (QED) is 0.791. The van der Waals surface area contributed by atoms with Crippen molar-refractivity contribution in [1.82, 2.24) is 15.1 Å². The second-order valence-corrected chi connectivity index (χ2v) is 3.38. The van der Waals surface area contributed by atoms with Crippen LogP contribution in [-0.2, 0) is 0 Å². The summed E-state index contributed by atoms with van der Waals surface area (Å²) in [5, 5.41) is 11.0. The lowest BCUT2D eigenvalue weighted by Crippen LogP contribution is -2.20. The molecule has 0 amide bonds. The minimum atomic E-state index is 0.412. The van der Waals surface area contributed by atoms with Crippen molar-refractivity contribution in [2.24, 2.45) is 0 Å². The maximum absolute atomic E-state index is 5.66. The van der Waals surface area contributed by atoms with Crippen LogP contribution in [0.5, 0.6) is 0 Å². The summed E-state index contributed by atoms with van der Waals surface area (Å²) in [6.07, 6.45) is 1.65. The molecule has 0 aromatic carbocycles. The van der Waals surface area contributed by atoms with Crippen molar-refractivity contribution in [3.63, 3.8) is 0 Å². The highest BCUT2D eigenvalue weighted by molar-refractivity contribution is 6.29. The molecule has 72 valence electrons. The Morgan fingerprint density at radius 3 is 2.92 bits per heavy atom. The zero-order chi connectivity index (χ0) is 9.68. The average molecular weight is 201 g/mol. The first kappa shape index (κ1) is 10.2. The Bertz CT molecular complexity index is 264. The largest absolute Gasteiger partial charge is 0.382 e. The zero-order valence-electron chi connectivity index (χ0n) is 7.79. The summed E-state index contributed by atoms with van der Waals surface area (Å²) in [4.78, 5) is 2.10. The van der Waals surface area contributed by atoms with Crippen molar-refractivity contribution in [1.29, 1.82) is 0 Å². The first-order chi connectivity index (χ1) is 6.18. The molecule has 0 radical (unpaired) electrons. The van der Waals surface area contributed by atoms with Crippen molar-refractivity contribution >= 4 is 17.3 Å². The van der Waals surface area contributed by atoms with Crippen LogP contribution >= 0.6 is 11.6 Å². The van der Waals surface area contributed by atoms with Gasteiger partial charge in [-0.15, -0.1) is 5.10 Å². The van der Waals surface area contributed by atoms with E-state index in [0.717, 1.165) is 18.8 Å². The van der Waals surface area contributed by atoms with Gasteiger partial charge in [-0.3, -0.25) is 0 Å². The van der Waals surface area contributed by atoms with Gasteiger partial charge >= 0.3 is 0 Å². The number of hydrogen-bond donors (Lipinski definition) is 1. The zero-order valence-corrected chi connectivity index (χ0v) is 8.54. The minimum Gasteiger partial charge on any atom is -0.382 e. The van der Waals surface area contributed by atoms with E-state index in [-0.39, 0.29) is 0 Å². The molecule has 0 unspecified atom stereocenters. The predicted octanol–water partition coefficient (Wildman–Crippen LogP) is 1.10. The Labute approximate surface area is 82.9 Å². The van der Waals surface area contributed by atoms with Crippen LogP contribution in [0.3, 0.4) is 0 Å². The van der Waals surface area contributed by atoms with E-state index in [1.165, 1.54) is 0 Å². The van der Waals surface area contributed by atoms with E-state index in [0.29, 0.717) is 5.15 Å². The topological polar surface area (TPSA) is 41.0 Å². The Morgan fingerprint density at radius 1 is 1.54 bits per heavy atom. The highest BCUT2D eigenvalue weighted by atomic mass is 35.5. The number of aromatic nitrogens is 2. The van der Waals surface area contributed by atoms with E-state index in [2.05, 4.69) is 20.4 Å². The molecule has 0 saturated heterocycles. The number of anilines is 1. The highest BCUT2D eigenvalue weighted by Crippen LogP contribution is 2.09. The molecule has 0 fully saturated rings. The van der Waals surface area contributed by atoms with Crippen LogP contribution in [0, 0.1) is 0 Å². The Kier molecular flexibility index (Phi) is 3.92. The van der Waals surface area contributed by atoms with E-state index in [1.807, 2.05) is 14.1 Å². The number of hydrogen-bond acceptors (Lipinski definition) is 4. The van der Waals surface area contributed by atoms with Crippen LogP contribution in [0.4, 0.5) is 5.69 Å². The molecule has 1 N–H and O–H groups in total. The Hall–Kier alpha value is -0.870. The standard InChI is InChI=1S/C8H13ClN4/c1-13(2)4-3-10-7-5-8(9)12-11-6-7/h5-6H,3-4H2,1-2H3,(H,10,12). The molecule has 1 rings (SSSR count). The molecule has 0 aliphatic rings. The van der Waals surface area contributed by atoms with Crippen molar-refractivity contribution < 1.29 is 0 Å². The van der Waals surface area contributed by atoms with Crippen LogP contribution in [-0.4, -0.2) is 42.3 Å². The first-order valence-corrected chi connectivity index (χ1v) is 4.43. The van der Waals surface area contributed by atoms with Gasteiger partial charge in [0.25, 0.3) is 0 Å². The average Bonchev–Trinajstić information content (AvgIpc) is 2.03. The maximum Gasteiger partial charge on any atom is 0.153 e. The Balaban J connectivity index is 2.37. The molecule has 0 spiro atoms. The minimum absolute atomic E-state index is 0.412. The normalized spacial score (nSPS) is 10.5. The molecular weight excluding hydrogens is 188 g/mol. The molecule has 0 aliphatic carbocycles. The molecule has 13 heavy (non-hydrogen) atoms. The summed E-state index contributed by atoms with van der Waals surface area (Å²) in [5.74, 6) is 0. The van der Waals surface area contributed by atoms with E-state index >= 15 is 0 Å². The molecule has 4 nitrogen and oxygen atoms in total. The summed E-state index contributed by atoms with van der Waals surface area (Å²) < 4.78 is 0. The molecule has 5 heteroatoms. The van der Waals surface area contributed by atoms with E-state index in [1.54, 1.807) is 12.3 Å². The van der Waals surface area contributed by atoms with Gasteiger partial charge in [0.05, 0.1) is 11.9 Å². The molecule has 1 heterocycles. The number of likely N-dealkylation sites (N-methyl/N-ethyl adjacent to an activating group) is 1. The fourth-order valence-electron chi connectivity index (χ4n) is 0.861. The summed E-state index contributed by atoms with van der Waals surface area (Å²) in [6.45, 7) is 1.84. The number of nitrogens with one attached hydrogen (secondary N) is 1. The van der Waals surface area contributed by atoms with Gasteiger partial charge < -0.3 is 10.2 Å². The van der Waals surface area contributed by atoms with Crippen LogP contribution in [0.25, 0.3) is 0 Å². The summed E-state index contributed by atoms with van der Waals surface area (Å²) in [6, 6.07) is 1.75. The van der Waals surface area contributed by atoms with Gasteiger partial charge in [0.15, 0.2) is 5.15 Å². The number of rotatable bonds is 4. The van der Waals surface area contributed by atoms with Crippen molar-refractivity contribution in [2.45, 2.75) is 0 Å². The summed E-state index contributed by atoms with van der Waals surface area (Å²) in [7, 11) is 4.05. The molecular formula is C8H13ClN4. The lowest BCUT2D eigenvalue weighted by molar-refractivity contribution is 0.425. The van der Waals surface area contributed by atoms with Crippen LogP contribution in [0.1, 0.15) is 0 Å². The fraction of sp³-hybridized carbons (Fsp3) is 0.500. The van der Waals surface area contributed by atoms with Crippen LogP contribution in [0.15, 0.2) is 12.3 Å². The third-order valence-corrected chi connectivity index (χ3v) is 1.70. The third-order valence-electron chi connectivity index (χ3n) is 1.51. The summed E-state index contributed by atoms with van der Waals surface area (Å²) in [5.41, 5.74) is 0.904. The molecule has 0 aliphatic heterocycles. The van der Waals surface area contributed by atoms with Gasteiger partial charge in [-0.1, -0.05) is 11.6 Å². The third kappa shape index (κ3) is 4.05. The van der Waals surface area contributed by atoms with E-state index in [9.17, 15) is 0 Å². The van der Waals surface area contributed by atoms with Crippen molar-refractivity contribution in [2.75, 3.05) is 32.5 Å². The smallest absolute Gasteiger partial charge is 0.153 e. The van der Waals surface area contributed by atoms with Gasteiger partial charge in [-0.2, -0.15) is 5.10 Å². The van der Waals surface area contributed by atoms with Crippen LogP contribution < -0.4 is 5.32 Å². The Morgan fingerprint density at radius 2 is 2.31 bits per heavy atom. The number of halogens is 1. The number of nitrogens with zero attached hydrogens (tertiary/aromatic N) is 3. The van der Waals surface area contributed by atoms with Gasteiger partial charge in [0.1, 0.15) is 0 Å². The second-order valence-electron chi connectivity index (χ2n) is 3.00. The monoisotopic (exact) mass is 200 g/mol. The summed E-state index contributed by atoms with van der Waals surface area (Å²) >= 11 is 5.66.